The van der Waals surface area contributed by atoms with Gasteiger partial charge in [0.25, 0.3) is 5.56 Å². The summed E-state index contributed by atoms with van der Waals surface area (Å²) in [5.74, 6) is 0. The van der Waals surface area contributed by atoms with Gasteiger partial charge in [-0.2, -0.15) is 0 Å². The fraction of sp³-hybridized carbons (Fsp3) is 0. The first-order valence-corrected chi connectivity index (χ1v) is 5.09. The molecule has 3 nitrogen and oxygen atoms in total. The molecule has 0 amide bonds. The Morgan fingerprint density at radius 3 is 2.85 bits per heavy atom. The lowest BCUT2D eigenvalue weighted by molar-refractivity contribution is 1.17. The fourth-order valence-electron chi connectivity index (χ4n) is 1.10. The van der Waals surface area contributed by atoms with Crippen molar-refractivity contribution in [2.45, 2.75) is 0 Å². The first kappa shape index (κ1) is 8.90. The Balaban J connectivity index is 3.03. The highest BCUT2D eigenvalue weighted by Crippen LogP contribution is 2.24. The van der Waals surface area contributed by atoms with E-state index in [-0.39, 0.29) is 5.56 Å². The van der Waals surface area contributed by atoms with E-state index in [1.165, 1.54) is 6.33 Å². The number of H-pyrrole nitrogens is 1. The van der Waals surface area contributed by atoms with E-state index in [1.54, 1.807) is 6.07 Å². The zero-order valence-electron chi connectivity index (χ0n) is 6.34. The summed E-state index contributed by atoms with van der Waals surface area (Å²) in [5, 5.41) is 0.573. The quantitative estimate of drug-likeness (QED) is 0.812. The third-order valence-electron chi connectivity index (χ3n) is 1.66. The number of aromatic nitrogens is 2. The van der Waals surface area contributed by atoms with Crippen LogP contribution < -0.4 is 5.56 Å². The van der Waals surface area contributed by atoms with Crippen LogP contribution in [0.25, 0.3) is 10.9 Å². The minimum absolute atomic E-state index is 0.132. The summed E-state index contributed by atoms with van der Waals surface area (Å²) in [7, 11) is 0. The van der Waals surface area contributed by atoms with Gasteiger partial charge >= 0.3 is 0 Å². The second-order valence-corrected chi connectivity index (χ2v) is 4.29. The van der Waals surface area contributed by atoms with E-state index in [9.17, 15) is 4.79 Å². The number of halogens is 2. The molecule has 0 fully saturated rings. The number of hydrogen-bond acceptors (Lipinski definition) is 2. The molecule has 0 radical (unpaired) electrons. The van der Waals surface area contributed by atoms with Gasteiger partial charge in [-0.1, -0.05) is 15.9 Å². The second-order valence-electron chi connectivity index (χ2n) is 2.52. The van der Waals surface area contributed by atoms with Crippen LogP contribution in [0, 0.1) is 0 Å². The Hall–Kier alpha value is -0.680. The monoisotopic (exact) mass is 302 g/mol. The maximum absolute atomic E-state index is 11.3. The molecule has 13 heavy (non-hydrogen) atoms. The second kappa shape index (κ2) is 3.23. The standard InChI is InChI=1S/C8H4Br2N2O/c9-4-1-5-7(6(10)2-4)11-3-12-8(5)13/h1-3H,(H,11,12,13). The lowest BCUT2D eigenvalue weighted by Crippen LogP contribution is -2.06. The molecule has 2 rings (SSSR count). The van der Waals surface area contributed by atoms with Crippen molar-refractivity contribution in [2.24, 2.45) is 0 Å². The Bertz CT molecular complexity index is 521. The third-order valence-corrected chi connectivity index (χ3v) is 2.72. The lowest BCUT2D eigenvalue weighted by Gasteiger charge is -1.98. The summed E-state index contributed by atoms with van der Waals surface area (Å²) in [6.45, 7) is 0. The molecule has 0 spiro atoms. The molecule has 1 aromatic heterocycles. The highest BCUT2D eigenvalue weighted by Gasteiger charge is 2.04. The molecule has 1 N–H and O–H groups in total. The van der Waals surface area contributed by atoms with Gasteiger partial charge in [-0.05, 0) is 28.1 Å². The first-order valence-electron chi connectivity index (χ1n) is 3.51. The van der Waals surface area contributed by atoms with Gasteiger partial charge in [0.2, 0.25) is 0 Å². The minimum atomic E-state index is -0.132. The maximum Gasteiger partial charge on any atom is 0.258 e. The predicted octanol–water partition coefficient (Wildman–Crippen LogP) is 2.45. The van der Waals surface area contributed by atoms with Gasteiger partial charge in [0.15, 0.2) is 0 Å². The highest BCUT2D eigenvalue weighted by molar-refractivity contribution is 9.11. The largest absolute Gasteiger partial charge is 0.313 e. The van der Waals surface area contributed by atoms with E-state index in [0.29, 0.717) is 10.9 Å². The normalized spacial score (nSPS) is 10.6. The van der Waals surface area contributed by atoms with Gasteiger partial charge in [0.05, 0.1) is 17.2 Å². The van der Waals surface area contributed by atoms with Gasteiger partial charge in [-0.15, -0.1) is 0 Å². The molecule has 0 aliphatic rings. The van der Waals surface area contributed by atoms with Crippen LogP contribution in [0.1, 0.15) is 0 Å². The Morgan fingerprint density at radius 2 is 2.08 bits per heavy atom. The molecule has 0 atom stereocenters. The summed E-state index contributed by atoms with van der Waals surface area (Å²) < 4.78 is 1.66. The number of nitrogens with one attached hydrogen (secondary N) is 1. The predicted molar refractivity (Wildman–Crippen MR) is 57.8 cm³/mol. The van der Waals surface area contributed by atoms with Crippen molar-refractivity contribution in [1.82, 2.24) is 9.97 Å². The maximum atomic E-state index is 11.3. The number of rotatable bonds is 0. The van der Waals surface area contributed by atoms with Crippen molar-refractivity contribution in [3.63, 3.8) is 0 Å². The minimum Gasteiger partial charge on any atom is -0.313 e. The van der Waals surface area contributed by atoms with Crippen molar-refractivity contribution in [2.75, 3.05) is 0 Å². The molecule has 0 aliphatic heterocycles. The Morgan fingerprint density at radius 1 is 1.31 bits per heavy atom. The van der Waals surface area contributed by atoms with E-state index in [2.05, 4.69) is 41.8 Å². The van der Waals surface area contributed by atoms with Crippen molar-refractivity contribution in [3.8, 4) is 0 Å². The van der Waals surface area contributed by atoms with Crippen LogP contribution in [0.3, 0.4) is 0 Å². The summed E-state index contributed by atoms with van der Waals surface area (Å²) in [6.07, 6.45) is 1.39. The number of hydrogen-bond donors (Lipinski definition) is 1. The summed E-state index contributed by atoms with van der Waals surface area (Å²) in [4.78, 5) is 17.9. The number of benzene rings is 1. The van der Waals surface area contributed by atoms with Crippen molar-refractivity contribution in [3.05, 3.63) is 37.8 Å². The Kier molecular flexibility index (Phi) is 2.21. The molecule has 0 bridgehead atoms. The van der Waals surface area contributed by atoms with Crippen LogP contribution in [-0.4, -0.2) is 9.97 Å². The van der Waals surface area contributed by atoms with Gasteiger partial charge in [-0.3, -0.25) is 4.79 Å². The van der Waals surface area contributed by atoms with Crippen LogP contribution in [-0.2, 0) is 0 Å². The van der Waals surface area contributed by atoms with Gasteiger partial charge in [-0.25, -0.2) is 4.98 Å². The Labute approximate surface area is 90.4 Å². The topological polar surface area (TPSA) is 45.8 Å². The molecule has 1 heterocycles. The number of aromatic amines is 1. The average Bonchev–Trinajstić information content (AvgIpc) is 2.07. The molecule has 0 saturated carbocycles. The van der Waals surface area contributed by atoms with Crippen molar-refractivity contribution >= 4 is 42.8 Å². The summed E-state index contributed by atoms with van der Waals surface area (Å²) in [5.41, 5.74) is 0.541. The van der Waals surface area contributed by atoms with E-state index >= 15 is 0 Å². The molecule has 66 valence electrons. The van der Waals surface area contributed by atoms with Crippen LogP contribution in [0.5, 0.6) is 0 Å². The van der Waals surface area contributed by atoms with E-state index in [1.807, 2.05) is 6.07 Å². The average molecular weight is 304 g/mol. The zero-order chi connectivity index (χ0) is 9.42. The molecule has 0 unspecified atom stereocenters. The molecule has 0 aliphatic carbocycles. The molecule has 2 aromatic rings. The van der Waals surface area contributed by atoms with Gasteiger partial charge < -0.3 is 4.98 Å². The van der Waals surface area contributed by atoms with E-state index < -0.39 is 0 Å². The van der Waals surface area contributed by atoms with Crippen LogP contribution >= 0.6 is 31.9 Å². The first-order chi connectivity index (χ1) is 6.18. The van der Waals surface area contributed by atoms with E-state index in [4.69, 9.17) is 0 Å². The van der Waals surface area contributed by atoms with Crippen LogP contribution in [0.4, 0.5) is 0 Å². The third kappa shape index (κ3) is 1.53. The molecule has 0 saturated heterocycles. The number of nitrogens with zero attached hydrogens (tertiary/aromatic N) is 1. The smallest absolute Gasteiger partial charge is 0.258 e. The zero-order valence-corrected chi connectivity index (χ0v) is 9.52. The molecule has 1 aromatic carbocycles. The van der Waals surface area contributed by atoms with Crippen molar-refractivity contribution in [1.29, 1.82) is 0 Å². The highest BCUT2D eigenvalue weighted by atomic mass is 79.9. The van der Waals surface area contributed by atoms with Gasteiger partial charge in [0, 0.05) is 8.95 Å². The van der Waals surface area contributed by atoms with Crippen molar-refractivity contribution < 1.29 is 0 Å². The fourth-order valence-corrected chi connectivity index (χ4v) is 2.43. The summed E-state index contributed by atoms with van der Waals surface area (Å²) in [6, 6.07) is 3.60. The van der Waals surface area contributed by atoms with Gasteiger partial charge in [0.1, 0.15) is 0 Å². The number of fused-ring (bicyclic) bond motifs is 1. The summed E-state index contributed by atoms with van der Waals surface area (Å²) >= 11 is 6.64. The molecule has 5 heteroatoms. The molecular weight excluding hydrogens is 300 g/mol. The van der Waals surface area contributed by atoms with Crippen LogP contribution in [0.15, 0.2) is 32.2 Å². The lowest BCUT2D eigenvalue weighted by atomic mass is 10.2. The molecular formula is C8H4Br2N2O. The SMILES string of the molecule is O=c1[nH]cnc2c(Br)cc(Br)cc12. The van der Waals surface area contributed by atoms with Crippen LogP contribution in [0.2, 0.25) is 0 Å². The van der Waals surface area contributed by atoms with E-state index in [0.717, 1.165) is 8.95 Å².